The summed E-state index contributed by atoms with van der Waals surface area (Å²) in [6.45, 7) is 5.43. The third-order valence-electron chi connectivity index (χ3n) is 7.27. The Hall–Kier alpha value is -3.32. The Morgan fingerprint density at radius 1 is 0.946 bits per heavy atom. The molecular formula is C30H31ClFN5. The number of benzene rings is 3. The van der Waals surface area contributed by atoms with Gasteiger partial charge in [0.25, 0.3) is 0 Å². The highest BCUT2D eigenvalue weighted by molar-refractivity contribution is 5.85. The zero-order valence-corrected chi connectivity index (χ0v) is 21.5. The smallest absolute Gasteiger partial charge is 0.227 e. The van der Waals surface area contributed by atoms with Crippen LogP contribution in [0.5, 0.6) is 0 Å². The van der Waals surface area contributed by atoms with Crippen LogP contribution in [-0.2, 0) is 12.8 Å². The molecule has 37 heavy (non-hydrogen) atoms. The van der Waals surface area contributed by atoms with Crippen LogP contribution in [0.3, 0.4) is 0 Å². The molecule has 0 saturated carbocycles. The van der Waals surface area contributed by atoms with E-state index in [9.17, 15) is 4.39 Å². The number of nitrogens with zero attached hydrogens (tertiary/aromatic N) is 3. The summed E-state index contributed by atoms with van der Waals surface area (Å²) >= 11 is 0. The van der Waals surface area contributed by atoms with Crippen molar-refractivity contribution in [2.75, 3.05) is 38.0 Å². The Labute approximate surface area is 223 Å². The predicted molar refractivity (Wildman–Crippen MR) is 149 cm³/mol. The Morgan fingerprint density at radius 3 is 2.57 bits per heavy atom. The van der Waals surface area contributed by atoms with Crippen molar-refractivity contribution >= 4 is 24.0 Å². The summed E-state index contributed by atoms with van der Waals surface area (Å²) in [6.07, 6.45) is 3.59. The van der Waals surface area contributed by atoms with E-state index >= 15 is 0 Å². The Morgan fingerprint density at radius 2 is 1.73 bits per heavy atom. The summed E-state index contributed by atoms with van der Waals surface area (Å²) in [5.41, 5.74) is 7.12. The molecule has 0 spiro atoms. The molecule has 1 aromatic heterocycles. The Kier molecular flexibility index (Phi) is 7.79. The highest BCUT2D eigenvalue weighted by Gasteiger charge is 2.29. The number of halogens is 2. The molecule has 0 bridgehead atoms. The summed E-state index contributed by atoms with van der Waals surface area (Å²) in [4.78, 5) is 12.1. The second-order valence-electron chi connectivity index (χ2n) is 9.60. The molecule has 1 aliphatic heterocycles. The first-order chi connectivity index (χ1) is 17.7. The second-order valence-corrected chi connectivity index (χ2v) is 9.60. The SMILES string of the molecule is Cl.Fc1ccccc1C1Cc2cnc(Nc3cccc(CCN4CCNCC4)c3)nc2-c2ccccc21. The van der Waals surface area contributed by atoms with E-state index in [2.05, 4.69) is 56.9 Å². The number of rotatable bonds is 6. The van der Waals surface area contributed by atoms with Crippen LogP contribution in [0.15, 0.2) is 79.0 Å². The van der Waals surface area contributed by atoms with Crippen molar-refractivity contribution in [1.29, 1.82) is 0 Å². The van der Waals surface area contributed by atoms with Gasteiger partial charge in [0.05, 0.1) is 5.69 Å². The number of anilines is 2. The number of piperazine rings is 1. The standard InChI is InChI=1S/C30H30FN5.ClH/c31-28-11-4-3-9-25(28)27-19-22-20-33-30(35-29(22)26-10-2-1-8-24(26)27)34-23-7-5-6-21(18-23)12-15-36-16-13-32-14-17-36;/h1-11,18,20,27,32H,12-17,19H2,(H,33,34,35);1H. The third-order valence-corrected chi connectivity index (χ3v) is 7.27. The summed E-state index contributed by atoms with van der Waals surface area (Å²) in [5, 5.41) is 6.82. The maximum absolute atomic E-state index is 14.7. The lowest BCUT2D eigenvalue weighted by Gasteiger charge is -2.28. The van der Waals surface area contributed by atoms with Gasteiger partial charge in [-0.25, -0.2) is 14.4 Å². The predicted octanol–water partition coefficient (Wildman–Crippen LogP) is 5.58. The first kappa shape index (κ1) is 25.3. The van der Waals surface area contributed by atoms with E-state index in [0.29, 0.717) is 12.4 Å². The third kappa shape index (κ3) is 5.52. The van der Waals surface area contributed by atoms with Crippen molar-refractivity contribution < 1.29 is 4.39 Å². The molecule has 3 aromatic carbocycles. The van der Waals surface area contributed by atoms with Gasteiger partial charge in [-0.1, -0.05) is 54.6 Å². The lowest BCUT2D eigenvalue weighted by molar-refractivity contribution is 0.244. The quantitative estimate of drug-likeness (QED) is 0.351. The van der Waals surface area contributed by atoms with Crippen molar-refractivity contribution in [3.05, 3.63) is 107 Å². The lowest BCUT2D eigenvalue weighted by atomic mass is 9.78. The lowest BCUT2D eigenvalue weighted by Crippen LogP contribution is -2.44. The minimum Gasteiger partial charge on any atom is -0.324 e. The number of aromatic nitrogens is 2. The largest absolute Gasteiger partial charge is 0.324 e. The average molecular weight is 516 g/mol. The average Bonchev–Trinajstić information content (AvgIpc) is 2.93. The van der Waals surface area contributed by atoms with E-state index in [0.717, 1.165) is 72.8 Å². The monoisotopic (exact) mass is 515 g/mol. The summed E-state index contributed by atoms with van der Waals surface area (Å²) in [5.74, 6) is 0.355. The molecule has 1 saturated heterocycles. The van der Waals surface area contributed by atoms with E-state index < -0.39 is 0 Å². The molecule has 2 N–H and O–H groups in total. The fourth-order valence-electron chi connectivity index (χ4n) is 5.39. The maximum Gasteiger partial charge on any atom is 0.227 e. The molecule has 1 atom stereocenters. The summed E-state index contributed by atoms with van der Waals surface area (Å²) in [7, 11) is 0. The topological polar surface area (TPSA) is 53.1 Å². The molecule has 1 fully saturated rings. The highest BCUT2D eigenvalue weighted by Crippen LogP contribution is 2.42. The van der Waals surface area contributed by atoms with Crippen LogP contribution < -0.4 is 10.6 Å². The van der Waals surface area contributed by atoms with E-state index in [1.165, 1.54) is 11.6 Å². The molecule has 2 heterocycles. The van der Waals surface area contributed by atoms with Crippen LogP contribution in [0, 0.1) is 5.82 Å². The fourth-order valence-corrected chi connectivity index (χ4v) is 5.39. The van der Waals surface area contributed by atoms with Crippen LogP contribution in [-0.4, -0.2) is 47.6 Å². The molecule has 6 rings (SSSR count). The van der Waals surface area contributed by atoms with E-state index in [1.54, 1.807) is 6.07 Å². The van der Waals surface area contributed by atoms with Crippen LogP contribution in [0.1, 0.15) is 28.2 Å². The molecule has 0 amide bonds. The van der Waals surface area contributed by atoms with Gasteiger partial charge in [0.2, 0.25) is 5.95 Å². The van der Waals surface area contributed by atoms with Gasteiger partial charge in [-0.15, -0.1) is 12.4 Å². The highest BCUT2D eigenvalue weighted by atomic mass is 35.5. The first-order valence-corrected chi connectivity index (χ1v) is 12.7. The van der Waals surface area contributed by atoms with Gasteiger partial charge >= 0.3 is 0 Å². The van der Waals surface area contributed by atoms with Gasteiger partial charge in [-0.05, 0) is 53.3 Å². The van der Waals surface area contributed by atoms with Gasteiger partial charge in [0, 0.05) is 56.1 Å². The number of fused-ring (bicyclic) bond motifs is 3. The number of hydrogen-bond donors (Lipinski definition) is 2. The van der Waals surface area contributed by atoms with Crippen molar-refractivity contribution in [1.82, 2.24) is 20.2 Å². The van der Waals surface area contributed by atoms with Gasteiger partial charge < -0.3 is 15.5 Å². The molecule has 7 heteroatoms. The molecule has 1 aliphatic carbocycles. The van der Waals surface area contributed by atoms with Gasteiger partial charge in [-0.3, -0.25) is 0 Å². The van der Waals surface area contributed by atoms with Gasteiger partial charge in [0.1, 0.15) is 5.82 Å². The molecule has 1 unspecified atom stereocenters. The minimum atomic E-state index is -0.170. The molecule has 5 nitrogen and oxygen atoms in total. The zero-order valence-electron chi connectivity index (χ0n) is 20.7. The molecular weight excluding hydrogens is 485 g/mol. The van der Waals surface area contributed by atoms with Gasteiger partial charge in [-0.2, -0.15) is 0 Å². The number of hydrogen-bond acceptors (Lipinski definition) is 5. The van der Waals surface area contributed by atoms with Crippen molar-refractivity contribution in [3.63, 3.8) is 0 Å². The van der Waals surface area contributed by atoms with Crippen molar-refractivity contribution in [2.24, 2.45) is 0 Å². The number of nitrogens with one attached hydrogen (secondary N) is 2. The fraction of sp³-hybridized carbons (Fsp3) is 0.267. The van der Waals surface area contributed by atoms with E-state index in [1.807, 2.05) is 30.5 Å². The molecule has 4 aromatic rings. The van der Waals surface area contributed by atoms with E-state index in [4.69, 9.17) is 4.98 Å². The Bertz CT molecular complexity index is 1370. The van der Waals surface area contributed by atoms with Gasteiger partial charge in [0.15, 0.2) is 0 Å². The second kappa shape index (κ2) is 11.4. The van der Waals surface area contributed by atoms with Crippen LogP contribution in [0.2, 0.25) is 0 Å². The van der Waals surface area contributed by atoms with Crippen LogP contribution in [0.25, 0.3) is 11.3 Å². The Balaban J connectivity index is 0.00000280. The zero-order chi connectivity index (χ0) is 24.3. The summed E-state index contributed by atoms with van der Waals surface area (Å²) < 4.78 is 14.7. The van der Waals surface area contributed by atoms with Crippen LogP contribution in [0.4, 0.5) is 16.0 Å². The molecule has 0 radical (unpaired) electrons. The molecule has 190 valence electrons. The van der Waals surface area contributed by atoms with E-state index in [-0.39, 0.29) is 24.1 Å². The van der Waals surface area contributed by atoms with Crippen molar-refractivity contribution in [2.45, 2.75) is 18.8 Å². The normalized spacial score (nSPS) is 16.8. The first-order valence-electron chi connectivity index (χ1n) is 12.7. The summed E-state index contributed by atoms with van der Waals surface area (Å²) in [6, 6.07) is 23.8. The van der Waals surface area contributed by atoms with Crippen LogP contribution >= 0.6 is 12.4 Å². The maximum atomic E-state index is 14.7. The minimum absolute atomic E-state index is 0. The molecule has 2 aliphatic rings. The van der Waals surface area contributed by atoms with Crippen molar-refractivity contribution in [3.8, 4) is 11.3 Å².